The molecular formula is C24H25NO6S. The molecule has 0 aliphatic rings. The number of sulfonamides is 1. The van der Waals surface area contributed by atoms with Crippen molar-refractivity contribution in [2.45, 2.75) is 18.7 Å². The third-order valence-corrected chi connectivity index (χ3v) is 6.35. The summed E-state index contributed by atoms with van der Waals surface area (Å²) in [6, 6.07) is 19.4. The minimum atomic E-state index is -4.18. The standard InChI is InChI=1S/C24H25NO6S/c1-4-30-20-13-11-19(12-14-20)25(32(27,28)21-15-9-18(2)10-16-21)24(26)17-31-23-8-6-5-7-22(23)29-3/h5-16H,4,17H2,1-3H3. The van der Waals surface area contributed by atoms with Gasteiger partial charge in [-0.2, -0.15) is 4.31 Å². The van der Waals surface area contributed by atoms with Crippen LogP contribution in [0.1, 0.15) is 12.5 Å². The van der Waals surface area contributed by atoms with Crippen molar-refractivity contribution in [2.75, 3.05) is 24.6 Å². The number of hydrogen-bond acceptors (Lipinski definition) is 6. The molecule has 0 aromatic heterocycles. The molecule has 0 atom stereocenters. The van der Waals surface area contributed by atoms with Crippen molar-refractivity contribution in [1.82, 2.24) is 0 Å². The fourth-order valence-electron chi connectivity index (χ4n) is 3.01. The van der Waals surface area contributed by atoms with Gasteiger partial charge in [-0.25, -0.2) is 8.42 Å². The largest absolute Gasteiger partial charge is 0.494 e. The minimum absolute atomic E-state index is 0.00243. The second kappa shape index (κ2) is 10.2. The minimum Gasteiger partial charge on any atom is -0.494 e. The predicted octanol–water partition coefficient (Wildman–Crippen LogP) is 4.20. The summed E-state index contributed by atoms with van der Waals surface area (Å²) in [5.41, 5.74) is 1.09. The third-order valence-electron chi connectivity index (χ3n) is 4.59. The smallest absolute Gasteiger partial charge is 0.278 e. The van der Waals surface area contributed by atoms with Crippen LogP contribution < -0.4 is 18.5 Å². The Morgan fingerprint density at radius 3 is 2.09 bits per heavy atom. The highest BCUT2D eigenvalue weighted by atomic mass is 32.2. The lowest BCUT2D eigenvalue weighted by Crippen LogP contribution is -2.40. The van der Waals surface area contributed by atoms with E-state index in [4.69, 9.17) is 14.2 Å². The second-order valence-electron chi connectivity index (χ2n) is 6.84. The highest BCUT2D eigenvalue weighted by Crippen LogP contribution is 2.28. The molecule has 32 heavy (non-hydrogen) atoms. The third kappa shape index (κ3) is 5.20. The Labute approximate surface area is 188 Å². The van der Waals surface area contributed by atoms with E-state index < -0.39 is 22.5 Å². The normalized spacial score (nSPS) is 11.0. The van der Waals surface area contributed by atoms with Gasteiger partial charge in [-0.15, -0.1) is 0 Å². The summed E-state index contributed by atoms with van der Waals surface area (Å²) in [6.45, 7) is 3.67. The average Bonchev–Trinajstić information content (AvgIpc) is 2.79. The quantitative estimate of drug-likeness (QED) is 0.481. The average molecular weight is 456 g/mol. The van der Waals surface area contributed by atoms with Gasteiger partial charge >= 0.3 is 0 Å². The number of benzene rings is 3. The van der Waals surface area contributed by atoms with Gasteiger partial charge in [-0.3, -0.25) is 4.79 Å². The molecule has 0 saturated heterocycles. The van der Waals surface area contributed by atoms with Gasteiger partial charge in [-0.1, -0.05) is 29.8 Å². The molecule has 0 saturated carbocycles. The number of rotatable bonds is 9. The van der Waals surface area contributed by atoms with Crippen LogP contribution >= 0.6 is 0 Å². The highest BCUT2D eigenvalue weighted by molar-refractivity contribution is 7.93. The number of aryl methyl sites for hydroxylation is 1. The first kappa shape index (κ1) is 23.1. The Hall–Kier alpha value is -3.52. The number of ether oxygens (including phenoxy) is 3. The maximum atomic E-state index is 13.4. The number of hydrogen-bond donors (Lipinski definition) is 0. The molecule has 1 amide bonds. The Morgan fingerprint density at radius 1 is 0.875 bits per heavy atom. The van der Waals surface area contributed by atoms with E-state index in [9.17, 15) is 13.2 Å². The molecule has 0 N–H and O–H groups in total. The summed E-state index contributed by atoms with van der Waals surface area (Å²) in [7, 11) is -2.70. The van der Waals surface area contributed by atoms with Crippen LogP contribution in [0.2, 0.25) is 0 Å². The van der Waals surface area contributed by atoms with E-state index in [2.05, 4.69) is 0 Å². The van der Waals surface area contributed by atoms with Gasteiger partial charge in [0.15, 0.2) is 18.1 Å². The Morgan fingerprint density at radius 2 is 1.50 bits per heavy atom. The van der Waals surface area contributed by atoms with E-state index in [1.165, 1.54) is 31.4 Å². The summed E-state index contributed by atoms with van der Waals surface area (Å²) >= 11 is 0. The Balaban J connectivity index is 1.95. The molecular weight excluding hydrogens is 430 g/mol. The summed E-state index contributed by atoms with van der Waals surface area (Å²) in [5.74, 6) is 0.597. The number of nitrogens with zero attached hydrogens (tertiary/aromatic N) is 1. The maximum Gasteiger partial charge on any atom is 0.278 e. The lowest BCUT2D eigenvalue weighted by atomic mass is 10.2. The van der Waals surface area contributed by atoms with Crippen LogP contribution in [0.3, 0.4) is 0 Å². The van der Waals surface area contributed by atoms with Gasteiger partial charge in [0.2, 0.25) is 0 Å². The second-order valence-corrected chi connectivity index (χ2v) is 8.63. The predicted molar refractivity (Wildman–Crippen MR) is 122 cm³/mol. The van der Waals surface area contributed by atoms with E-state index in [0.29, 0.717) is 23.9 Å². The van der Waals surface area contributed by atoms with Crippen molar-refractivity contribution in [3.63, 3.8) is 0 Å². The molecule has 0 bridgehead atoms. The summed E-state index contributed by atoms with van der Waals surface area (Å²) < 4.78 is 43.8. The van der Waals surface area contributed by atoms with Crippen molar-refractivity contribution >= 4 is 21.6 Å². The van der Waals surface area contributed by atoms with E-state index in [1.54, 1.807) is 48.5 Å². The fraction of sp³-hybridized carbons (Fsp3) is 0.208. The zero-order chi connectivity index (χ0) is 23.1. The van der Waals surface area contributed by atoms with Crippen LogP contribution in [0, 0.1) is 6.92 Å². The molecule has 3 aromatic carbocycles. The molecule has 3 rings (SSSR count). The summed E-state index contributed by atoms with van der Waals surface area (Å²) in [6.07, 6.45) is 0. The van der Waals surface area contributed by atoms with Crippen molar-refractivity contribution < 1.29 is 27.4 Å². The molecule has 0 spiro atoms. The molecule has 0 heterocycles. The number of carbonyl (C=O) groups is 1. The molecule has 0 unspecified atom stereocenters. The zero-order valence-electron chi connectivity index (χ0n) is 18.1. The van der Waals surface area contributed by atoms with Crippen molar-refractivity contribution in [1.29, 1.82) is 0 Å². The van der Waals surface area contributed by atoms with E-state index >= 15 is 0 Å². The van der Waals surface area contributed by atoms with Gasteiger partial charge in [0.1, 0.15) is 5.75 Å². The van der Waals surface area contributed by atoms with E-state index in [-0.39, 0.29) is 10.6 Å². The van der Waals surface area contributed by atoms with Crippen LogP contribution in [0.15, 0.2) is 77.7 Å². The highest BCUT2D eigenvalue weighted by Gasteiger charge is 2.31. The van der Waals surface area contributed by atoms with Crippen molar-refractivity contribution in [3.8, 4) is 17.2 Å². The number of para-hydroxylation sites is 2. The van der Waals surface area contributed by atoms with Gasteiger partial charge in [0, 0.05) is 0 Å². The van der Waals surface area contributed by atoms with Gasteiger partial charge in [-0.05, 0) is 62.4 Å². The molecule has 0 radical (unpaired) electrons. The summed E-state index contributed by atoms with van der Waals surface area (Å²) in [5, 5.41) is 0. The van der Waals surface area contributed by atoms with Crippen LogP contribution in [-0.2, 0) is 14.8 Å². The van der Waals surface area contributed by atoms with Crippen molar-refractivity contribution in [2.24, 2.45) is 0 Å². The van der Waals surface area contributed by atoms with Crippen LogP contribution in [0.25, 0.3) is 0 Å². The first-order valence-electron chi connectivity index (χ1n) is 10.0. The number of amides is 1. The lowest BCUT2D eigenvalue weighted by molar-refractivity contribution is -0.119. The van der Waals surface area contributed by atoms with Gasteiger partial charge < -0.3 is 14.2 Å². The van der Waals surface area contributed by atoms with E-state index in [1.807, 2.05) is 13.8 Å². The first-order valence-corrected chi connectivity index (χ1v) is 11.4. The van der Waals surface area contributed by atoms with Crippen LogP contribution in [-0.4, -0.2) is 34.6 Å². The number of anilines is 1. The topological polar surface area (TPSA) is 82.1 Å². The molecule has 8 heteroatoms. The van der Waals surface area contributed by atoms with Crippen LogP contribution in [0.4, 0.5) is 5.69 Å². The van der Waals surface area contributed by atoms with Crippen molar-refractivity contribution in [3.05, 3.63) is 78.4 Å². The Kier molecular flexibility index (Phi) is 7.37. The lowest BCUT2D eigenvalue weighted by Gasteiger charge is -2.23. The van der Waals surface area contributed by atoms with E-state index in [0.717, 1.165) is 9.87 Å². The number of methoxy groups -OCH3 is 1. The Bertz CT molecular complexity index is 1160. The van der Waals surface area contributed by atoms with Crippen LogP contribution in [0.5, 0.6) is 17.2 Å². The maximum absolute atomic E-state index is 13.4. The molecule has 0 aliphatic heterocycles. The number of carbonyl (C=O) groups excluding carboxylic acids is 1. The zero-order valence-corrected chi connectivity index (χ0v) is 19.0. The van der Waals surface area contributed by atoms with Gasteiger partial charge in [0.05, 0.1) is 24.3 Å². The molecule has 7 nitrogen and oxygen atoms in total. The van der Waals surface area contributed by atoms with Gasteiger partial charge in [0.25, 0.3) is 15.9 Å². The summed E-state index contributed by atoms with van der Waals surface area (Å²) in [4.78, 5) is 13.2. The molecule has 168 valence electrons. The molecule has 0 fully saturated rings. The SMILES string of the molecule is CCOc1ccc(N(C(=O)COc2ccccc2OC)S(=O)(=O)c2ccc(C)cc2)cc1. The molecule has 3 aromatic rings. The monoisotopic (exact) mass is 455 g/mol. The fourth-order valence-corrected chi connectivity index (χ4v) is 4.42. The first-order chi connectivity index (χ1) is 15.4. The molecule has 0 aliphatic carbocycles.